The molecule has 0 aliphatic heterocycles. The first-order chi connectivity index (χ1) is 8.88. The minimum atomic E-state index is 0.658. The van der Waals surface area contributed by atoms with Gasteiger partial charge in [-0.25, -0.2) is 0 Å². The molecule has 0 bridgehead atoms. The zero-order valence-electron chi connectivity index (χ0n) is 11.0. The Balaban J connectivity index is 1.81. The molecule has 1 nitrogen and oxygen atoms in total. The molecule has 0 amide bonds. The Morgan fingerprint density at radius 1 is 1.28 bits per heavy atom. The van der Waals surface area contributed by atoms with Crippen molar-refractivity contribution in [2.45, 2.75) is 38.1 Å². The van der Waals surface area contributed by atoms with E-state index in [1.165, 1.54) is 47.8 Å². The number of likely N-dealkylation sites (N-methyl/N-ethyl adjacent to an activating group) is 1. The van der Waals surface area contributed by atoms with E-state index < -0.39 is 0 Å². The summed E-state index contributed by atoms with van der Waals surface area (Å²) in [6.07, 6.45) is 6.85. The molecule has 0 saturated heterocycles. The number of fused-ring (bicyclic) bond motifs is 1. The largest absolute Gasteiger partial charge is 0.316 e. The SMILES string of the molecule is CNC(Cc1csc2ccccc12)C1CCCC1. The number of hydrogen-bond acceptors (Lipinski definition) is 2. The van der Waals surface area contributed by atoms with Crippen molar-refractivity contribution in [2.75, 3.05) is 7.05 Å². The molecule has 0 spiro atoms. The van der Waals surface area contributed by atoms with Crippen molar-refractivity contribution in [1.82, 2.24) is 5.32 Å². The summed E-state index contributed by atoms with van der Waals surface area (Å²) in [5.41, 5.74) is 1.53. The Morgan fingerprint density at radius 2 is 2.06 bits per heavy atom. The van der Waals surface area contributed by atoms with Crippen LogP contribution >= 0.6 is 11.3 Å². The third-order valence-corrected chi connectivity index (χ3v) is 5.35. The summed E-state index contributed by atoms with van der Waals surface area (Å²) < 4.78 is 1.42. The van der Waals surface area contributed by atoms with Gasteiger partial charge in [0, 0.05) is 10.7 Å². The van der Waals surface area contributed by atoms with Crippen LogP contribution in [0.25, 0.3) is 10.1 Å². The predicted octanol–water partition coefficient (Wildman–Crippen LogP) is 4.22. The van der Waals surface area contributed by atoms with Gasteiger partial charge in [-0.05, 0) is 54.6 Å². The van der Waals surface area contributed by atoms with E-state index in [9.17, 15) is 0 Å². The standard InChI is InChI=1S/C16H21NS/c1-17-15(12-6-2-3-7-12)10-13-11-18-16-9-5-4-8-14(13)16/h4-5,8-9,11-12,15,17H,2-3,6-7,10H2,1H3. The second kappa shape index (κ2) is 5.41. The summed E-state index contributed by atoms with van der Waals surface area (Å²) in [6.45, 7) is 0. The van der Waals surface area contributed by atoms with Gasteiger partial charge in [-0.1, -0.05) is 31.0 Å². The fraction of sp³-hybridized carbons (Fsp3) is 0.500. The van der Waals surface area contributed by atoms with Crippen molar-refractivity contribution in [3.05, 3.63) is 35.2 Å². The summed E-state index contributed by atoms with van der Waals surface area (Å²) in [6, 6.07) is 9.44. The van der Waals surface area contributed by atoms with E-state index in [0.717, 1.165) is 5.92 Å². The molecule has 1 aromatic carbocycles. The van der Waals surface area contributed by atoms with Gasteiger partial charge in [0.2, 0.25) is 0 Å². The Kier molecular flexibility index (Phi) is 3.67. The van der Waals surface area contributed by atoms with Crippen molar-refractivity contribution in [1.29, 1.82) is 0 Å². The predicted molar refractivity (Wildman–Crippen MR) is 80.3 cm³/mol. The molecule has 96 valence electrons. The van der Waals surface area contributed by atoms with Crippen LogP contribution in [0.2, 0.25) is 0 Å². The van der Waals surface area contributed by atoms with E-state index in [4.69, 9.17) is 0 Å². The number of benzene rings is 1. The fourth-order valence-electron chi connectivity index (χ4n) is 3.29. The molecule has 1 heterocycles. The lowest BCUT2D eigenvalue weighted by molar-refractivity contribution is 0.378. The highest BCUT2D eigenvalue weighted by atomic mass is 32.1. The van der Waals surface area contributed by atoms with Crippen LogP contribution in [0.5, 0.6) is 0 Å². The van der Waals surface area contributed by atoms with E-state index in [0.29, 0.717) is 6.04 Å². The average molecular weight is 259 g/mol. The molecule has 0 radical (unpaired) electrons. The first-order valence-corrected chi connectivity index (χ1v) is 7.89. The first kappa shape index (κ1) is 12.2. The quantitative estimate of drug-likeness (QED) is 0.866. The van der Waals surface area contributed by atoms with Crippen molar-refractivity contribution in [3.63, 3.8) is 0 Å². The summed E-state index contributed by atoms with van der Waals surface area (Å²) in [7, 11) is 2.12. The van der Waals surface area contributed by atoms with E-state index in [2.05, 4.69) is 42.0 Å². The molecule has 2 aromatic rings. The molecule has 1 fully saturated rings. The smallest absolute Gasteiger partial charge is 0.0345 e. The number of thiophene rings is 1. The summed E-state index contributed by atoms with van der Waals surface area (Å²) >= 11 is 1.88. The molecule has 1 aliphatic rings. The van der Waals surface area contributed by atoms with Crippen molar-refractivity contribution >= 4 is 21.4 Å². The number of hydrogen-bond donors (Lipinski definition) is 1. The second-order valence-electron chi connectivity index (χ2n) is 5.40. The third-order valence-electron chi connectivity index (χ3n) is 4.34. The van der Waals surface area contributed by atoms with Gasteiger partial charge in [0.25, 0.3) is 0 Å². The zero-order valence-corrected chi connectivity index (χ0v) is 11.8. The van der Waals surface area contributed by atoms with Gasteiger partial charge in [0.05, 0.1) is 0 Å². The lowest BCUT2D eigenvalue weighted by atomic mass is 9.92. The van der Waals surface area contributed by atoms with E-state index >= 15 is 0 Å². The zero-order chi connectivity index (χ0) is 12.4. The summed E-state index contributed by atoms with van der Waals surface area (Å²) in [4.78, 5) is 0. The molecule has 1 N–H and O–H groups in total. The molecule has 1 unspecified atom stereocenters. The maximum absolute atomic E-state index is 3.55. The molecule has 1 atom stereocenters. The minimum Gasteiger partial charge on any atom is -0.316 e. The molecule has 18 heavy (non-hydrogen) atoms. The monoisotopic (exact) mass is 259 g/mol. The van der Waals surface area contributed by atoms with E-state index in [1.807, 2.05) is 11.3 Å². The van der Waals surface area contributed by atoms with Gasteiger partial charge in [-0.2, -0.15) is 0 Å². The fourth-order valence-corrected chi connectivity index (χ4v) is 4.27. The van der Waals surface area contributed by atoms with Crippen molar-refractivity contribution in [3.8, 4) is 0 Å². The second-order valence-corrected chi connectivity index (χ2v) is 6.31. The Hall–Kier alpha value is -0.860. The normalized spacial score (nSPS) is 18.5. The van der Waals surface area contributed by atoms with Crippen LogP contribution in [0.4, 0.5) is 0 Å². The Bertz CT molecular complexity index is 511. The number of rotatable bonds is 4. The van der Waals surface area contributed by atoms with Gasteiger partial charge in [0.1, 0.15) is 0 Å². The highest BCUT2D eigenvalue weighted by Crippen LogP contribution is 2.32. The van der Waals surface area contributed by atoms with Crippen LogP contribution in [0, 0.1) is 5.92 Å². The average Bonchev–Trinajstić information content (AvgIpc) is 3.06. The molecular weight excluding hydrogens is 238 g/mol. The first-order valence-electron chi connectivity index (χ1n) is 7.01. The maximum atomic E-state index is 3.55. The van der Waals surface area contributed by atoms with Gasteiger partial charge in [0.15, 0.2) is 0 Å². The van der Waals surface area contributed by atoms with Crippen LogP contribution in [-0.4, -0.2) is 13.1 Å². The van der Waals surface area contributed by atoms with Crippen LogP contribution in [0.1, 0.15) is 31.2 Å². The minimum absolute atomic E-state index is 0.658. The number of nitrogens with one attached hydrogen (secondary N) is 1. The highest BCUT2D eigenvalue weighted by molar-refractivity contribution is 7.17. The molecule has 1 aromatic heterocycles. The summed E-state index contributed by atoms with van der Waals surface area (Å²) in [5, 5.41) is 7.36. The van der Waals surface area contributed by atoms with Crippen molar-refractivity contribution in [2.24, 2.45) is 5.92 Å². The molecule has 1 aliphatic carbocycles. The van der Waals surface area contributed by atoms with E-state index in [1.54, 1.807) is 0 Å². The van der Waals surface area contributed by atoms with Crippen LogP contribution in [0.3, 0.4) is 0 Å². The summed E-state index contributed by atoms with van der Waals surface area (Å²) in [5.74, 6) is 0.883. The van der Waals surface area contributed by atoms with Crippen LogP contribution in [0.15, 0.2) is 29.6 Å². The van der Waals surface area contributed by atoms with Gasteiger partial charge in [-0.3, -0.25) is 0 Å². The van der Waals surface area contributed by atoms with Crippen LogP contribution < -0.4 is 5.32 Å². The van der Waals surface area contributed by atoms with Crippen molar-refractivity contribution < 1.29 is 0 Å². The van der Waals surface area contributed by atoms with Gasteiger partial charge in [-0.15, -0.1) is 11.3 Å². The Morgan fingerprint density at radius 3 is 2.83 bits per heavy atom. The maximum Gasteiger partial charge on any atom is 0.0345 e. The topological polar surface area (TPSA) is 12.0 Å². The molecular formula is C16H21NS. The molecule has 1 saturated carbocycles. The van der Waals surface area contributed by atoms with Crippen LogP contribution in [-0.2, 0) is 6.42 Å². The van der Waals surface area contributed by atoms with E-state index in [-0.39, 0.29) is 0 Å². The van der Waals surface area contributed by atoms with Gasteiger partial charge >= 0.3 is 0 Å². The third kappa shape index (κ3) is 2.32. The Labute approximate surface area is 113 Å². The molecule has 3 rings (SSSR count). The highest BCUT2D eigenvalue weighted by Gasteiger charge is 2.24. The lowest BCUT2D eigenvalue weighted by Gasteiger charge is -2.22. The van der Waals surface area contributed by atoms with Gasteiger partial charge < -0.3 is 5.32 Å². The lowest BCUT2D eigenvalue weighted by Crippen LogP contribution is -2.34. The molecule has 2 heteroatoms.